The minimum atomic E-state index is 0.610. The van der Waals surface area contributed by atoms with Gasteiger partial charge in [0.2, 0.25) is 0 Å². The van der Waals surface area contributed by atoms with Crippen molar-refractivity contribution in [1.82, 2.24) is 10.2 Å². The van der Waals surface area contributed by atoms with Gasteiger partial charge >= 0.3 is 0 Å². The molecule has 0 saturated heterocycles. The summed E-state index contributed by atoms with van der Waals surface area (Å²) in [5.41, 5.74) is 0. The van der Waals surface area contributed by atoms with E-state index in [2.05, 4.69) is 31.0 Å². The molecule has 0 bridgehead atoms. The number of ether oxygens (including phenoxy) is 1. The molecule has 3 nitrogen and oxygen atoms in total. The maximum Gasteiger partial charge on any atom is 0.0589 e. The van der Waals surface area contributed by atoms with Gasteiger partial charge in [-0.15, -0.1) is 0 Å². The van der Waals surface area contributed by atoms with Crippen molar-refractivity contribution < 1.29 is 4.74 Å². The van der Waals surface area contributed by atoms with Gasteiger partial charge in [-0.25, -0.2) is 0 Å². The van der Waals surface area contributed by atoms with Crippen LogP contribution >= 0.6 is 0 Å². The minimum absolute atomic E-state index is 0.610. The highest BCUT2D eigenvalue weighted by atomic mass is 16.5. The van der Waals surface area contributed by atoms with E-state index in [4.69, 9.17) is 4.74 Å². The summed E-state index contributed by atoms with van der Waals surface area (Å²) in [4.78, 5) is 2.61. The van der Waals surface area contributed by atoms with Crippen molar-refractivity contribution >= 4 is 0 Å². The average molecular weight is 242 g/mol. The van der Waals surface area contributed by atoms with Crippen LogP contribution in [0.1, 0.15) is 46.5 Å². The predicted molar refractivity (Wildman–Crippen MR) is 73.4 cm³/mol. The molecule has 0 amide bonds. The zero-order valence-corrected chi connectivity index (χ0v) is 12.0. The zero-order chi connectivity index (χ0) is 12.7. The molecule has 1 rings (SSSR count). The first-order chi connectivity index (χ1) is 8.20. The van der Waals surface area contributed by atoms with E-state index < -0.39 is 0 Å². The molecule has 1 saturated carbocycles. The molecular weight excluding hydrogens is 212 g/mol. The van der Waals surface area contributed by atoms with Crippen LogP contribution in [0.15, 0.2) is 0 Å². The van der Waals surface area contributed by atoms with Gasteiger partial charge in [0.25, 0.3) is 0 Å². The van der Waals surface area contributed by atoms with E-state index in [9.17, 15) is 0 Å². The topological polar surface area (TPSA) is 24.5 Å². The van der Waals surface area contributed by atoms with Crippen LogP contribution in [-0.2, 0) is 4.74 Å². The fourth-order valence-corrected chi connectivity index (χ4v) is 2.91. The van der Waals surface area contributed by atoms with Crippen molar-refractivity contribution in [3.05, 3.63) is 0 Å². The van der Waals surface area contributed by atoms with E-state index in [-0.39, 0.29) is 0 Å². The van der Waals surface area contributed by atoms with Crippen LogP contribution < -0.4 is 5.32 Å². The Morgan fingerprint density at radius 1 is 1.35 bits per heavy atom. The first-order valence-electron chi connectivity index (χ1n) is 7.18. The van der Waals surface area contributed by atoms with Crippen LogP contribution in [0.5, 0.6) is 0 Å². The van der Waals surface area contributed by atoms with Crippen molar-refractivity contribution in [3.63, 3.8) is 0 Å². The van der Waals surface area contributed by atoms with E-state index in [0.29, 0.717) is 18.1 Å². The number of rotatable bonds is 8. The normalized spacial score (nSPS) is 25.1. The number of methoxy groups -OCH3 is 1. The highest BCUT2D eigenvalue weighted by molar-refractivity contribution is 4.91. The molecule has 0 radical (unpaired) electrons. The Hall–Kier alpha value is -0.120. The van der Waals surface area contributed by atoms with Crippen LogP contribution in [0.3, 0.4) is 0 Å². The summed E-state index contributed by atoms with van der Waals surface area (Å²) in [7, 11) is 1.79. The van der Waals surface area contributed by atoms with Gasteiger partial charge in [0, 0.05) is 31.8 Å². The molecule has 0 heterocycles. The maximum absolute atomic E-state index is 5.24. The van der Waals surface area contributed by atoms with Crippen LogP contribution in [0.2, 0.25) is 0 Å². The number of hydrogen-bond donors (Lipinski definition) is 1. The molecule has 0 aromatic carbocycles. The molecule has 2 atom stereocenters. The standard InChI is InChI=1S/C14H30N2O/c1-5-9-15-13-7-6-8-14(13)16(12(2)3)10-11-17-4/h12-15H,5-11H2,1-4H3. The Bertz CT molecular complexity index is 197. The third-order valence-corrected chi connectivity index (χ3v) is 3.78. The molecule has 1 aliphatic rings. The molecule has 0 aromatic rings. The van der Waals surface area contributed by atoms with E-state index in [1.807, 2.05) is 0 Å². The van der Waals surface area contributed by atoms with Crippen LogP contribution in [0.25, 0.3) is 0 Å². The molecule has 0 spiro atoms. The molecule has 1 N–H and O–H groups in total. The summed E-state index contributed by atoms with van der Waals surface area (Å²) >= 11 is 0. The quantitative estimate of drug-likeness (QED) is 0.706. The van der Waals surface area contributed by atoms with Crippen molar-refractivity contribution in [3.8, 4) is 0 Å². The largest absolute Gasteiger partial charge is 0.383 e. The Kier molecular flexibility index (Phi) is 7.09. The molecule has 1 fully saturated rings. The number of hydrogen-bond acceptors (Lipinski definition) is 3. The van der Waals surface area contributed by atoms with Gasteiger partial charge in [-0.2, -0.15) is 0 Å². The second-order valence-corrected chi connectivity index (χ2v) is 5.38. The van der Waals surface area contributed by atoms with Crippen LogP contribution in [0.4, 0.5) is 0 Å². The lowest BCUT2D eigenvalue weighted by molar-refractivity contribution is 0.0863. The molecule has 1 aliphatic carbocycles. The summed E-state index contributed by atoms with van der Waals surface area (Å²) < 4.78 is 5.24. The molecule has 0 aliphatic heterocycles. The van der Waals surface area contributed by atoms with Gasteiger partial charge < -0.3 is 10.1 Å². The van der Waals surface area contributed by atoms with Crippen molar-refractivity contribution in [2.45, 2.75) is 64.6 Å². The highest BCUT2D eigenvalue weighted by Gasteiger charge is 2.32. The first-order valence-corrected chi connectivity index (χ1v) is 7.18. The van der Waals surface area contributed by atoms with E-state index in [1.54, 1.807) is 7.11 Å². The molecule has 17 heavy (non-hydrogen) atoms. The summed E-state index contributed by atoms with van der Waals surface area (Å²) in [6.07, 6.45) is 5.26. The summed E-state index contributed by atoms with van der Waals surface area (Å²) in [6, 6.07) is 2.00. The lowest BCUT2D eigenvalue weighted by atomic mass is 10.1. The first kappa shape index (κ1) is 14.9. The van der Waals surface area contributed by atoms with Gasteiger partial charge in [0.15, 0.2) is 0 Å². The number of nitrogens with one attached hydrogen (secondary N) is 1. The second kappa shape index (κ2) is 8.06. The fraction of sp³-hybridized carbons (Fsp3) is 1.00. The zero-order valence-electron chi connectivity index (χ0n) is 12.0. The van der Waals surface area contributed by atoms with Crippen molar-refractivity contribution in [2.24, 2.45) is 0 Å². The lowest BCUT2D eigenvalue weighted by Gasteiger charge is -2.36. The van der Waals surface area contributed by atoms with Gasteiger partial charge in [0.05, 0.1) is 6.61 Å². The summed E-state index contributed by atoms with van der Waals surface area (Å²) in [6.45, 7) is 9.88. The van der Waals surface area contributed by atoms with E-state index in [0.717, 1.165) is 19.7 Å². The number of nitrogens with zero attached hydrogens (tertiary/aromatic N) is 1. The lowest BCUT2D eigenvalue weighted by Crippen LogP contribution is -2.50. The molecule has 2 unspecified atom stereocenters. The van der Waals surface area contributed by atoms with Gasteiger partial charge in [-0.05, 0) is 39.7 Å². The maximum atomic E-state index is 5.24. The summed E-state index contributed by atoms with van der Waals surface area (Å²) in [5, 5.41) is 3.71. The molecule has 0 aromatic heterocycles. The van der Waals surface area contributed by atoms with E-state index >= 15 is 0 Å². The second-order valence-electron chi connectivity index (χ2n) is 5.38. The Morgan fingerprint density at radius 2 is 2.12 bits per heavy atom. The third kappa shape index (κ3) is 4.57. The Morgan fingerprint density at radius 3 is 2.71 bits per heavy atom. The van der Waals surface area contributed by atoms with Crippen molar-refractivity contribution in [1.29, 1.82) is 0 Å². The Labute approximate surface area is 107 Å². The van der Waals surface area contributed by atoms with Crippen LogP contribution in [-0.4, -0.2) is 49.8 Å². The highest BCUT2D eigenvalue weighted by Crippen LogP contribution is 2.25. The van der Waals surface area contributed by atoms with Gasteiger partial charge in [-0.1, -0.05) is 13.3 Å². The van der Waals surface area contributed by atoms with Crippen molar-refractivity contribution in [2.75, 3.05) is 26.8 Å². The smallest absolute Gasteiger partial charge is 0.0589 e. The van der Waals surface area contributed by atoms with Gasteiger partial charge in [0.1, 0.15) is 0 Å². The summed E-state index contributed by atoms with van der Waals surface area (Å²) in [5.74, 6) is 0. The van der Waals surface area contributed by atoms with Gasteiger partial charge in [-0.3, -0.25) is 4.90 Å². The molecular formula is C14H30N2O. The fourth-order valence-electron chi connectivity index (χ4n) is 2.91. The molecule has 3 heteroatoms. The van der Waals surface area contributed by atoms with Crippen LogP contribution in [0, 0.1) is 0 Å². The average Bonchev–Trinajstić information content (AvgIpc) is 2.75. The Balaban J connectivity index is 2.51. The SMILES string of the molecule is CCCNC1CCCC1N(CCOC)C(C)C. The predicted octanol–water partition coefficient (Wildman–Crippen LogP) is 2.26. The van der Waals surface area contributed by atoms with E-state index in [1.165, 1.54) is 25.7 Å². The third-order valence-electron chi connectivity index (χ3n) is 3.78. The minimum Gasteiger partial charge on any atom is -0.383 e. The molecule has 102 valence electrons. The monoisotopic (exact) mass is 242 g/mol.